The van der Waals surface area contributed by atoms with Crippen molar-refractivity contribution in [2.24, 2.45) is 0 Å². The first kappa shape index (κ1) is 17.5. The van der Waals surface area contributed by atoms with Crippen molar-refractivity contribution in [1.82, 2.24) is 0 Å². The molecule has 1 saturated heterocycles. The second-order valence-corrected chi connectivity index (χ2v) is 6.39. The van der Waals surface area contributed by atoms with Crippen LogP contribution in [0.25, 0.3) is 0 Å². The molecule has 0 unspecified atom stereocenters. The minimum atomic E-state index is -1.15. The highest BCUT2D eigenvalue weighted by Gasteiger charge is 2.17. The van der Waals surface area contributed by atoms with Gasteiger partial charge < -0.3 is 15.2 Å². The number of carbonyl (C=O) groups is 2. The van der Waals surface area contributed by atoms with E-state index in [2.05, 4.69) is 5.32 Å². The summed E-state index contributed by atoms with van der Waals surface area (Å²) in [5.41, 5.74) is 1.84. The van der Waals surface area contributed by atoms with E-state index in [9.17, 15) is 14.7 Å². The number of amides is 1. The summed E-state index contributed by atoms with van der Waals surface area (Å²) < 4.78 is 5.37. The first-order valence-corrected chi connectivity index (χ1v) is 8.44. The lowest BCUT2D eigenvalue weighted by molar-refractivity contribution is 0.0698. The summed E-state index contributed by atoms with van der Waals surface area (Å²) in [6.45, 7) is 1.53. The first-order valence-electron chi connectivity index (χ1n) is 8.06. The van der Waals surface area contributed by atoms with Crippen molar-refractivity contribution in [1.29, 1.82) is 0 Å². The number of hydrogen-bond acceptors (Lipinski definition) is 3. The monoisotopic (exact) mass is 359 g/mol. The largest absolute Gasteiger partial charge is 0.478 e. The van der Waals surface area contributed by atoms with E-state index in [0.717, 1.165) is 26.1 Å². The molecule has 2 aromatic rings. The van der Waals surface area contributed by atoms with Crippen molar-refractivity contribution in [2.45, 2.75) is 18.8 Å². The zero-order valence-electron chi connectivity index (χ0n) is 13.5. The third kappa shape index (κ3) is 4.18. The Morgan fingerprint density at radius 1 is 1.08 bits per heavy atom. The zero-order chi connectivity index (χ0) is 17.8. The number of hydrogen-bond donors (Lipinski definition) is 2. The summed E-state index contributed by atoms with van der Waals surface area (Å²) in [5, 5.41) is 12.2. The molecule has 0 radical (unpaired) electrons. The predicted octanol–water partition coefficient (Wildman–Crippen LogP) is 4.18. The highest BCUT2D eigenvalue weighted by Crippen LogP contribution is 2.27. The van der Waals surface area contributed by atoms with E-state index < -0.39 is 5.97 Å². The number of carboxylic acids is 1. The minimum Gasteiger partial charge on any atom is -0.478 e. The normalized spacial score (nSPS) is 14.9. The Labute approximate surface area is 150 Å². The Hall–Kier alpha value is -2.37. The number of ether oxygens (including phenoxy) is 1. The van der Waals surface area contributed by atoms with Gasteiger partial charge in [0.15, 0.2) is 0 Å². The van der Waals surface area contributed by atoms with Crippen LogP contribution in [-0.2, 0) is 4.74 Å². The molecule has 5 nitrogen and oxygen atoms in total. The van der Waals surface area contributed by atoms with Gasteiger partial charge in [-0.2, -0.15) is 0 Å². The third-order valence-electron chi connectivity index (χ3n) is 4.33. The highest BCUT2D eigenvalue weighted by atomic mass is 35.5. The Bertz CT molecular complexity index is 783. The molecule has 1 aliphatic rings. The molecule has 3 rings (SSSR count). The van der Waals surface area contributed by atoms with Crippen molar-refractivity contribution in [2.75, 3.05) is 18.5 Å². The molecule has 130 valence electrons. The number of anilines is 1. The molecule has 0 saturated carbocycles. The lowest BCUT2D eigenvalue weighted by Crippen LogP contribution is -2.16. The first-order chi connectivity index (χ1) is 12.0. The predicted molar refractivity (Wildman–Crippen MR) is 95.6 cm³/mol. The average molecular weight is 360 g/mol. The van der Waals surface area contributed by atoms with Crippen molar-refractivity contribution < 1.29 is 19.4 Å². The SMILES string of the molecule is O=C(Nc1ccc(Cl)cc1C(=O)O)c1ccc(C2CCOCC2)cc1. The highest BCUT2D eigenvalue weighted by molar-refractivity contribution is 6.31. The molecule has 0 aliphatic carbocycles. The van der Waals surface area contributed by atoms with Crippen LogP contribution in [0.5, 0.6) is 0 Å². The van der Waals surface area contributed by atoms with Gasteiger partial charge in [0.1, 0.15) is 0 Å². The fourth-order valence-corrected chi connectivity index (χ4v) is 3.11. The van der Waals surface area contributed by atoms with Gasteiger partial charge in [-0.25, -0.2) is 4.79 Å². The van der Waals surface area contributed by atoms with Gasteiger partial charge in [-0.05, 0) is 54.7 Å². The second-order valence-electron chi connectivity index (χ2n) is 5.96. The van der Waals surface area contributed by atoms with Gasteiger partial charge in [-0.15, -0.1) is 0 Å². The van der Waals surface area contributed by atoms with Gasteiger partial charge in [0, 0.05) is 23.8 Å². The molecule has 2 N–H and O–H groups in total. The maximum atomic E-state index is 12.4. The molecule has 0 aromatic heterocycles. The van der Waals surface area contributed by atoms with Crippen LogP contribution in [-0.4, -0.2) is 30.2 Å². The molecule has 25 heavy (non-hydrogen) atoms. The Balaban J connectivity index is 1.74. The second kappa shape index (κ2) is 7.68. The standard InChI is InChI=1S/C19H18ClNO4/c20-15-5-6-17(16(11-15)19(23)24)21-18(22)14-3-1-12(2-4-14)13-7-9-25-10-8-13/h1-6,11,13H,7-10H2,(H,21,22)(H,23,24). The molecule has 1 amide bonds. The van der Waals surface area contributed by atoms with Crippen LogP contribution in [0.2, 0.25) is 5.02 Å². The molecule has 0 atom stereocenters. The van der Waals surface area contributed by atoms with Gasteiger partial charge in [-0.1, -0.05) is 23.7 Å². The van der Waals surface area contributed by atoms with Gasteiger partial charge in [0.25, 0.3) is 5.91 Å². The fraction of sp³-hybridized carbons (Fsp3) is 0.263. The van der Waals surface area contributed by atoms with E-state index in [-0.39, 0.29) is 17.2 Å². The smallest absolute Gasteiger partial charge is 0.337 e. The average Bonchev–Trinajstić information content (AvgIpc) is 2.64. The Morgan fingerprint density at radius 3 is 2.40 bits per heavy atom. The molecule has 6 heteroatoms. The van der Waals surface area contributed by atoms with Crippen molar-refractivity contribution in [3.05, 3.63) is 64.2 Å². The number of carbonyl (C=O) groups excluding carboxylic acids is 1. The molecule has 2 aromatic carbocycles. The van der Waals surface area contributed by atoms with Gasteiger partial charge in [0.2, 0.25) is 0 Å². The van der Waals surface area contributed by atoms with Crippen LogP contribution in [0.4, 0.5) is 5.69 Å². The van der Waals surface area contributed by atoms with Crippen LogP contribution in [0, 0.1) is 0 Å². The molecule has 0 bridgehead atoms. The molecule has 1 heterocycles. The molecule has 0 spiro atoms. The van der Waals surface area contributed by atoms with Crippen LogP contribution < -0.4 is 5.32 Å². The van der Waals surface area contributed by atoms with Crippen molar-refractivity contribution in [3.8, 4) is 0 Å². The maximum absolute atomic E-state index is 12.4. The number of nitrogens with one attached hydrogen (secondary N) is 1. The van der Waals surface area contributed by atoms with Gasteiger partial charge in [-0.3, -0.25) is 4.79 Å². The minimum absolute atomic E-state index is 0.0420. The molecular formula is C19H18ClNO4. The van der Waals surface area contributed by atoms with Crippen LogP contribution in [0.1, 0.15) is 45.0 Å². The van der Waals surface area contributed by atoms with E-state index in [1.165, 1.54) is 23.8 Å². The summed E-state index contributed by atoms with van der Waals surface area (Å²) in [4.78, 5) is 23.7. The summed E-state index contributed by atoms with van der Waals surface area (Å²) >= 11 is 5.82. The van der Waals surface area contributed by atoms with Crippen LogP contribution in [0.15, 0.2) is 42.5 Å². The van der Waals surface area contributed by atoms with E-state index >= 15 is 0 Å². The molecule has 1 fully saturated rings. The van der Waals surface area contributed by atoms with Crippen LogP contribution in [0.3, 0.4) is 0 Å². The summed E-state index contributed by atoms with van der Waals surface area (Å²) in [5.74, 6) is -1.04. The number of carboxylic acid groups (broad SMARTS) is 1. The van der Waals surface area contributed by atoms with Crippen molar-refractivity contribution in [3.63, 3.8) is 0 Å². The van der Waals surface area contributed by atoms with E-state index in [1.54, 1.807) is 12.1 Å². The Morgan fingerprint density at radius 2 is 1.76 bits per heavy atom. The van der Waals surface area contributed by atoms with Gasteiger partial charge in [0.05, 0.1) is 11.3 Å². The fourth-order valence-electron chi connectivity index (χ4n) is 2.93. The van der Waals surface area contributed by atoms with E-state index in [0.29, 0.717) is 16.5 Å². The number of aromatic carboxylic acids is 1. The van der Waals surface area contributed by atoms with Crippen molar-refractivity contribution >= 4 is 29.2 Å². The quantitative estimate of drug-likeness (QED) is 0.858. The lowest BCUT2D eigenvalue weighted by atomic mass is 9.91. The van der Waals surface area contributed by atoms with Gasteiger partial charge >= 0.3 is 5.97 Å². The number of halogens is 1. The topological polar surface area (TPSA) is 75.6 Å². The van der Waals surface area contributed by atoms with Crippen LogP contribution >= 0.6 is 11.6 Å². The van der Waals surface area contributed by atoms with E-state index in [4.69, 9.17) is 16.3 Å². The lowest BCUT2D eigenvalue weighted by Gasteiger charge is -2.22. The summed E-state index contributed by atoms with van der Waals surface area (Å²) in [6.07, 6.45) is 1.97. The summed E-state index contributed by atoms with van der Waals surface area (Å²) in [7, 11) is 0. The van der Waals surface area contributed by atoms with E-state index in [1.807, 2.05) is 12.1 Å². The number of benzene rings is 2. The number of rotatable bonds is 4. The molecule has 1 aliphatic heterocycles. The third-order valence-corrected chi connectivity index (χ3v) is 4.56. The maximum Gasteiger partial charge on any atom is 0.337 e. The Kier molecular flexibility index (Phi) is 5.36. The molecular weight excluding hydrogens is 342 g/mol. The zero-order valence-corrected chi connectivity index (χ0v) is 14.3. The summed E-state index contributed by atoms with van der Waals surface area (Å²) in [6, 6.07) is 11.8.